The van der Waals surface area contributed by atoms with E-state index in [4.69, 9.17) is 4.99 Å². The van der Waals surface area contributed by atoms with Gasteiger partial charge in [0.1, 0.15) is 11.6 Å². The molecule has 1 fully saturated rings. The van der Waals surface area contributed by atoms with E-state index >= 15 is 0 Å². The van der Waals surface area contributed by atoms with Crippen LogP contribution < -0.4 is 5.32 Å². The monoisotopic (exact) mass is 460 g/mol. The molecule has 2 aliphatic heterocycles. The van der Waals surface area contributed by atoms with Crippen LogP contribution in [0.1, 0.15) is 58.1 Å². The number of nitrogens with one attached hydrogen (secondary N) is 1. The molecule has 2 aliphatic rings. The fraction of sp³-hybridized carbons (Fsp3) is 0.833. The zero-order valence-corrected chi connectivity index (χ0v) is 18.3. The second-order valence-electron chi connectivity index (χ2n) is 7.82. The second kappa shape index (κ2) is 9.19. The summed E-state index contributed by atoms with van der Waals surface area (Å²) in [7, 11) is 0. The van der Waals surface area contributed by atoms with E-state index in [9.17, 15) is 0 Å². The molecule has 0 spiro atoms. The van der Waals surface area contributed by atoms with Crippen molar-refractivity contribution in [2.75, 3.05) is 26.2 Å². The third kappa shape index (κ3) is 5.31. The van der Waals surface area contributed by atoms with E-state index in [1.807, 2.05) is 0 Å². The van der Waals surface area contributed by atoms with Crippen LogP contribution in [0.15, 0.2) is 4.99 Å². The largest absolute Gasteiger partial charge is 0.357 e. The van der Waals surface area contributed by atoms with Gasteiger partial charge in [-0.2, -0.15) is 0 Å². The van der Waals surface area contributed by atoms with Crippen molar-refractivity contribution < 1.29 is 0 Å². The van der Waals surface area contributed by atoms with Gasteiger partial charge in [-0.3, -0.25) is 4.99 Å². The molecule has 1 aromatic rings. The maximum atomic E-state index is 4.86. The van der Waals surface area contributed by atoms with Gasteiger partial charge in [0.25, 0.3) is 0 Å². The SMILES string of the molecule is CCNC(=NCCc1nnc2n1CCCCC2)N1CCC(C)(C)C1.I. The number of aromatic nitrogens is 3. The molecular weight excluding hydrogens is 427 g/mol. The Labute approximate surface area is 168 Å². The molecule has 0 bridgehead atoms. The predicted molar refractivity (Wildman–Crippen MR) is 113 cm³/mol. The molecule has 0 saturated carbocycles. The Hall–Kier alpha value is -0.860. The Kier molecular flexibility index (Phi) is 7.51. The van der Waals surface area contributed by atoms with E-state index in [1.165, 1.54) is 31.5 Å². The summed E-state index contributed by atoms with van der Waals surface area (Å²) < 4.78 is 2.33. The molecule has 1 aromatic heterocycles. The van der Waals surface area contributed by atoms with Crippen LogP contribution >= 0.6 is 24.0 Å². The van der Waals surface area contributed by atoms with Gasteiger partial charge in [0, 0.05) is 45.6 Å². The van der Waals surface area contributed by atoms with Crippen LogP contribution in [0.3, 0.4) is 0 Å². The molecule has 1 saturated heterocycles. The van der Waals surface area contributed by atoms with Gasteiger partial charge in [-0.15, -0.1) is 34.2 Å². The minimum atomic E-state index is 0. The highest BCUT2D eigenvalue weighted by molar-refractivity contribution is 14.0. The molecule has 0 aliphatic carbocycles. The number of rotatable bonds is 4. The lowest BCUT2D eigenvalue weighted by Crippen LogP contribution is -2.40. The van der Waals surface area contributed by atoms with Gasteiger partial charge < -0.3 is 14.8 Å². The number of aryl methyl sites for hydroxylation is 1. The number of nitrogens with zero attached hydrogens (tertiary/aromatic N) is 5. The molecular formula is C18H33IN6. The van der Waals surface area contributed by atoms with Gasteiger partial charge >= 0.3 is 0 Å². The summed E-state index contributed by atoms with van der Waals surface area (Å²) in [6.45, 7) is 11.7. The lowest BCUT2D eigenvalue weighted by Gasteiger charge is -2.23. The number of hydrogen-bond acceptors (Lipinski definition) is 3. The molecule has 6 nitrogen and oxygen atoms in total. The predicted octanol–water partition coefficient (Wildman–Crippen LogP) is 2.86. The first kappa shape index (κ1) is 20.5. The van der Waals surface area contributed by atoms with Crippen molar-refractivity contribution >= 4 is 29.9 Å². The maximum Gasteiger partial charge on any atom is 0.193 e. The topological polar surface area (TPSA) is 58.3 Å². The Morgan fingerprint density at radius 2 is 2.04 bits per heavy atom. The summed E-state index contributed by atoms with van der Waals surface area (Å²) in [6, 6.07) is 0. The lowest BCUT2D eigenvalue weighted by atomic mass is 9.93. The van der Waals surface area contributed by atoms with E-state index in [2.05, 4.69) is 45.8 Å². The van der Waals surface area contributed by atoms with Crippen molar-refractivity contribution in [3.63, 3.8) is 0 Å². The number of guanidine groups is 1. The minimum absolute atomic E-state index is 0. The molecule has 0 aromatic carbocycles. The average Bonchev–Trinajstić information content (AvgIpc) is 3.01. The van der Waals surface area contributed by atoms with E-state index in [1.54, 1.807) is 0 Å². The van der Waals surface area contributed by atoms with Crippen LogP contribution in [-0.2, 0) is 19.4 Å². The Morgan fingerprint density at radius 3 is 2.76 bits per heavy atom. The zero-order valence-electron chi connectivity index (χ0n) is 15.9. The molecule has 0 atom stereocenters. The number of aliphatic imine (C=N–C) groups is 1. The van der Waals surface area contributed by atoms with Crippen molar-refractivity contribution in [1.29, 1.82) is 0 Å². The first-order chi connectivity index (χ1) is 11.6. The molecule has 0 amide bonds. The van der Waals surface area contributed by atoms with Crippen LogP contribution in [0.25, 0.3) is 0 Å². The number of likely N-dealkylation sites (tertiary alicyclic amines) is 1. The molecule has 0 unspecified atom stereocenters. The lowest BCUT2D eigenvalue weighted by molar-refractivity contribution is 0.370. The summed E-state index contributed by atoms with van der Waals surface area (Å²) >= 11 is 0. The fourth-order valence-electron chi connectivity index (χ4n) is 3.71. The van der Waals surface area contributed by atoms with E-state index in [-0.39, 0.29) is 24.0 Å². The standard InChI is InChI=1S/C18H32N6.HI/c1-4-19-17(23-13-10-18(2,3)14-23)20-11-9-16-22-21-15-8-6-5-7-12-24(15)16;/h4-14H2,1-3H3,(H,19,20);1H. The fourth-order valence-corrected chi connectivity index (χ4v) is 3.71. The number of halogens is 1. The first-order valence-electron chi connectivity index (χ1n) is 9.53. The van der Waals surface area contributed by atoms with E-state index in [0.29, 0.717) is 5.41 Å². The molecule has 142 valence electrons. The minimum Gasteiger partial charge on any atom is -0.357 e. The quantitative estimate of drug-likeness (QED) is 0.427. The van der Waals surface area contributed by atoms with Crippen LogP contribution in [0.5, 0.6) is 0 Å². The van der Waals surface area contributed by atoms with Crippen molar-refractivity contribution in [1.82, 2.24) is 25.0 Å². The summed E-state index contributed by atoms with van der Waals surface area (Å²) in [5.74, 6) is 3.33. The number of hydrogen-bond donors (Lipinski definition) is 1. The Morgan fingerprint density at radius 1 is 1.20 bits per heavy atom. The van der Waals surface area contributed by atoms with E-state index in [0.717, 1.165) is 57.3 Å². The second-order valence-corrected chi connectivity index (χ2v) is 7.82. The molecule has 3 rings (SSSR count). The Bertz CT molecular complexity index is 580. The molecule has 25 heavy (non-hydrogen) atoms. The van der Waals surface area contributed by atoms with Gasteiger partial charge in [-0.25, -0.2) is 0 Å². The highest BCUT2D eigenvalue weighted by Gasteiger charge is 2.30. The van der Waals surface area contributed by atoms with Gasteiger partial charge in [-0.1, -0.05) is 20.3 Å². The summed E-state index contributed by atoms with van der Waals surface area (Å²) in [5.41, 5.74) is 0.389. The highest BCUT2D eigenvalue weighted by atomic mass is 127. The van der Waals surface area contributed by atoms with Crippen LogP contribution in [0.4, 0.5) is 0 Å². The van der Waals surface area contributed by atoms with Crippen molar-refractivity contribution in [3.8, 4) is 0 Å². The van der Waals surface area contributed by atoms with Crippen molar-refractivity contribution in [3.05, 3.63) is 11.6 Å². The molecule has 0 radical (unpaired) electrons. The average molecular weight is 460 g/mol. The van der Waals surface area contributed by atoms with Gasteiger partial charge in [0.15, 0.2) is 5.96 Å². The third-order valence-corrected chi connectivity index (χ3v) is 5.09. The van der Waals surface area contributed by atoms with Crippen molar-refractivity contribution in [2.45, 2.75) is 65.8 Å². The highest BCUT2D eigenvalue weighted by Crippen LogP contribution is 2.28. The van der Waals surface area contributed by atoms with Gasteiger partial charge in [-0.05, 0) is 31.6 Å². The molecule has 3 heterocycles. The normalized spacial score (nSPS) is 20.0. The van der Waals surface area contributed by atoms with Gasteiger partial charge in [0.2, 0.25) is 0 Å². The van der Waals surface area contributed by atoms with E-state index < -0.39 is 0 Å². The van der Waals surface area contributed by atoms with Crippen LogP contribution in [-0.4, -0.2) is 51.8 Å². The summed E-state index contributed by atoms with van der Waals surface area (Å²) in [4.78, 5) is 7.26. The first-order valence-corrected chi connectivity index (χ1v) is 9.53. The third-order valence-electron chi connectivity index (χ3n) is 5.09. The molecule has 7 heteroatoms. The van der Waals surface area contributed by atoms with Crippen LogP contribution in [0.2, 0.25) is 0 Å². The van der Waals surface area contributed by atoms with Crippen molar-refractivity contribution in [2.24, 2.45) is 10.4 Å². The van der Waals surface area contributed by atoms with Gasteiger partial charge in [0.05, 0.1) is 0 Å². The summed E-state index contributed by atoms with van der Waals surface area (Å²) in [6.07, 6.45) is 6.96. The van der Waals surface area contributed by atoms with Crippen LogP contribution in [0, 0.1) is 5.41 Å². The zero-order chi connectivity index (χ0) is 17.0. The Balaban J connectivity index is 0.00000225. The number of fused-ring (bicyclic) bond motifs is 1. The molecule has 1 N–H and O–H groups in total. The smallest absolute Gasteiger partial charge is 0.193 e. The maximum absolute atomic E-state index is 4.86. The summed E-state index contributed by atoms with van der Waals surface area (Å²) in [5, 5.41) is 12.2.